The van der Waals surface area contributed by atoms with Crippen molar-refractivity contribution >= 4 is 29.9 Å². The normalized spacial score (nSPS) is 10.9. The van der Waals surface area contributed by atoms with Gasteiger partial charge in [-0.05, 0) is 23.3 Å². The summed E-state index contributed by atoms with van der Waals surface area (Å²) in [6.45, 7) is 2.34. The van der Waals surface area contributed by atoms with Crippen LogP contribution in [0.2, 0.25) is 0 Å². The predicted octanol–water partition coefficient (Wildman–Crippen LogP) is 2.85. The third kappa shape index (κ3) is 7.01. The van der Waals surface area contributed by atoms with Gasteiger partial charge < -0.3 is 15.2 Å². The Morgan fingerprint density at radius 2 is 1.96 bits per heavy atom. The van der Waals surface area contributed by atoms with Crippen LogP contribution in [0.1, 0.15) is 16.8 Å². The molecule has 0 saturated carbocycles. The molecule has 2 aromatic heterocycles. The van der Waals surface area contributed by atoms with Gasteiger partial charge in [0.15, 0.2) is 5.96 Å². The standard InChI is InChI=1S/C20H24N6.HI/c1-21-20(24-10-8-19-7-2-3-9-23-19)25-14-17-5-4-6-18(13-17)15-26-12-11-22-16-26;/h2-7,9,11-13,16H,8,10,14-15H2,1H3,(H2,21,24,25);1H. The Hall–Kier alpha value is -2.42. The molecule has 0 saturated heterocycles. The van der Waals surface area contributed by atoms with Crippen molar-refractivity contribution in [3.63, 3.8) is 0 Å². The van der Waals surface area contributed by atoms with Crippen molar-refractivity contribution in [1.82, 2.24) is 25.2 Å². The average molecular weight is 476 g/mol. The Morgan fingerprint density at radius 3 is 2.70 bits per heavy atom. The van der Waals surface area contributed by atoms with Crippen LogP contribution in [0.25, 0.3) is 0 Å². The Labute approximate surface area is 177 Å². The highest BCUT2D eigenvalue weighted by molar-refractivity contribution is 14.0. The molecule has 1 aromatic carbocycles. The summed E-state index contributed by atoms with van der Waals surface area (Å²) in [4.78, 5) is 12.7. The molecule has 0 bridgehead atoms. The van der Waals surface area contributed by atoms with Gasteiger partial charge in [-0.2, -0.15) is 0 Å². The highest BCUT2D eigenvalue weighted by Crippen LogP contribution is 2.07. The van der Waals surface area contributed by atoms with Crippen LogP contribution >= 0.6 is 24.0 Å². The molecule has 7 heteroatoms. The van der Waals surface area contributed by atoms with Gasteiger partial charge in [0.2, 0.25) is 0 Å². The SMILES string of the molecule is CN=C(NCCc1ccccn1)NCc1cccc(Cn2ccnc2)c1.I. The summed E-state index contributed by atoms with van der Waals surface area (Å²) in [5.74, 6) is 0.793. The quantitative estimate of drug-likeness (QED) is 0.313. The molecule has 3 aromatic rings. The van der Waals surface area contributed by atoms with Gasteiger partial charge in [-0.25, -0.2) is 4.98 Å². The topological polar surface area (TPSA) is 67.1 Å². The molecular weight excluding hydrogens is 451 g/mol. The first-order chi connectivity index (χ1) is 12.8. The van der Waals surface area contributed by atoms with Crippen LogP contribution in [-0.4, -0.2) is 34.1 Å². The number of halogens is 1. The predicted molar refractivity (Wildman–Crippen MR) is 119 cm³/mol. The zero-order chi connectivity index (χ0) is 18.0. The molecule has 3 rings (SSSR count). The monoisotopic (exact) mass is 476 g/mol. The molecule has 0 unspecified atom stereocenters. The number of aromatic nitrogens is 3. The van der Waals surface area contributed by atoms with E-state index >= 15 is 0 Å². The van der Waals surface area contributed by atoms with Crippen molar-refractivity contribution in [2.24, 2.45) is 4.99 Å². The van der Waals surface area contributed by atoms with Gasteiger partial charge in [0, 0.05) is 57.4 Å². The molecule has 0 aliphatic rings. The number of benzene rings is 1. The lowest BCUT2D eigenvalue weighted by Gasteiger charge is -2.12. The zero-order valence-corrected chi connectivity index (χ0v) is 17.7. The summed E-state index contributed by atoms with van der Waals surface area (Å²) in [6, 6.07) is 14.5. The smallest absolute Gasteiger partial charge is 0.191 e. The van der Waals surface area contributed by atoms with E-state index in [-0.39, 0.29) is 24.0 Å². The third-order valence-electron chi connectivity index (χ3n) is 4.00. The Bertz CT molecular complexity index is 818. The molecule has 0 spiro atoms. The van der Waals surface area contributed by atoms with E-state index in [1.807, 2.05) is 36.9 Å². The van der Waals surface area contributed by atoms with E-state index in [0.29, 0.717) is 0 Å². The highest BCUT2D eigenvalue weighted by atomic mass is 127. The van der Waals surface area contributed by atoms with Crippen molar-refractivity contribution in [3.05, 3.63) is 84.2 Å². The highest BCUT2D eigenvalue weighted by Gasteiger charge is 2.01. The molecule has 0 fully saturated rings. The fourth-order valence-electron chi connectivity index (χ4n) is 2.69. The van der Waals surface area contributed by atoms with Crippen molar-refractivity contribution in [3.8, 4) is 0 Å². The second kappa shape index (κ2) is 11.3. The van der Waals surface area contributed by atoms with E-state index in [1.54, 1.807) is 13.2 Å². The van der Waals surface area contributed by atoms with Gasteiger partial charge in [-0.15, -0.1) is 24.0 Å². The first-order valence-corrected chi connectivity index (χ1v) is 8.71. The number of imidazole rings is 1. The van der Waals surface area contributed by atoms with E-state index in [1.165, 1.54) is 11.1 Å². The number of guanidine groups is 1. The third-order valence-corrected chi connectivity index (χ3v) is 4.00. The van der Waals surface area contributed by atoms with Crippen LogP contribution in [0.5, 0.6) is 0 Å². The zero-order valence-electron chi connectivity index (χ0n) is 15.4. The summed E-state index contributed by atoms with van der Waals surface area (Å²) in [6.07, 6.45) is 8.28. The molecule has 2 N–H and O–H groups in total. The lowest BCUT2D eigenvalue weighted by Crippen LogP contribution is -2.37. The van der Waals surface area contributed by atoms with Crippen LogP contribution in [0, 0.1) is 0 Å². The largest absolute Gasteiger partial charge is 0.356 e. The number of rotatable bonds is 7. The van der Waals surface area contributed by atoms with E-state index < -0.39 is 0 Å². The second-order valence-corrected chi connectivity index (χ2v) is 5.98. The minimum atomic E-state index is 0. The number of aliphatic imine (C=N–C) groups is 1. The lowest BCUT2D eigenvalue weighted by atomic mass is 10.1. The van der Waals surface area contributed by atoms with Gasteiger partial charge >= 0.3 is 0 Å². The molecule has 142 valence electrons. The van der Waals surface area contributed by atoms with Gasteiger partial charge in [-0.1, -0.05) is 30.3 Å². The van der Waals surface area contributed by atoms with Crippen LogP contribution in [-0.2, 0) is 19.5 Å². The second-order valence-electron chi connectivity index (χ2n) is 5.98. The van der Waals surface area contributed by atoms with Crippen molar-refractivity contribution < 1.29 is 0 Å². The van der Waals surface area contributed by atoms with Crippen molar-refractivity contribution in [2.75, 3.05) is 13.6 Å². The summed E-state index contributed by atoms with van der Waals surface area (Å²) in [7, 11) is 1.78. The summed E-state index contributed by atoms with van der Waals surface area (Å²) in [5, 5.41) is 6.68. The Morgan fingerprint density at radius 1 is 1.07 bits per heavy atom. The number of pyridine rings is 1. The number of nitrogens with one attached hydrogen (secondary N) is 2. The Kier molecular flexibility index (Phi) is 8.76. The molecule has 2 heterocycles. The van der Waals surface area contributed by atoms with Gasteiger partial charge in [0.1, 0.15) is 0 Å². The summed E-state index contributed by atoms with van der Waals surface area (Å²) >= 11 is 0. The fraction of sp³-hybridized carbons (Fsp3) is 0.250. The van der Waals surface area contributed by atoms with Gasteiger partial charge in [0.05, 0.1) is 6.33 Å². The van der Waals surface area contributed by atoms with E-state index in [9.17, 15) is 0 Å². The molecule has 0 radical (unpaired) electrons. The maximum atomic E-state index is 4.33. The average Bonchev–Trinajstić information content (AvgIpc) is 3.18. The minimum absolute atomic E-state index is 0. The van der Waals surface area contributed by atoms with Crippen molar-refractivity contribution in [1.29, 1.82) is 0 Å². The van der Waals surface area contributed by atoms with E-state index in [0.717, 1.165) is 37.7 Å². The lowest BCUT2D eigenvalue weighted by molar-refractivity contribution is 0.777. The van der Waals surface area contributed by atoms with E-state index in [2.05, 4.69) is 54.4 Å². The maximum Gasteiger partial charge on any atom is 0.191 e. The molecule has 0 amide bonds. The molecule has 27 heavy (non-hydrogen) atoms. The maximum absolute atomic E-state index is 4.33. The number of nitrogens with zero attached hydrogens (tertiary/aromatic N) is 4. The summed E-state index contributed by atoms with van der Waals surface area (Å²) < 4.78 is 2.06. The molecule has 0 atom stereocenters. The van der Waals surface area contributed by atoms with Crippen LogP contribution < -0.4 is 10.6 Å². The molecule has 6 nitrogen and oxygen atoms in total. The first-order valence-electron chi connectivity index (χ1n) is 8.71. The van der Waals surface area contributed by atoms with Crippen LogP contribution in [0.15, 0.2) is 72.4 Å². The summed E-state index contributed by atoms with van der Waals surface area (Å²) in [5.41, 5.74) is 3.54. The van der Waals surface area contributed by atoms with Gasteiger partial charge in [0.25, 0.3) is 0 Å². The molecule has 0 aliphatic heterocycles. The van der Waals surface area contributed by atoms with Crippen molar-refractivity contribution in [2.45, 2.75) is 19.5 Å². The van der Waals surface area contributed by atoms with E-state index in [4.69, 9.17) is 0 Å². The van der Waals surface area contributed by atoms with Gasteiger partial charge in [-0.3, -0.25) is 9.98 Å². The molecular formula is C20H25IN6. The first kappa shape index (κ1) is 20.9. The van der Waals surface area contributed by atoms with Crippen LogP contribution in [0.4, 0.5) is 0 Å². The molecule has 0 aliphatic carbocycles. The number of hydrogen-bond acceptors (Lipinski definition) is 3. The minimum Gasteiger partial charge on any atom is -0.356 e. The Balaban J connectivity index is 0.00000261. The fourth-order valence-corrected chi connectivity index (χ4v) is 2.69. The van der Waals surface area contributed by atoms with Crippen LogP contribution in [0.3, 0.4) is 0 Å². The number of hydrogen-bond donors (Lipinski definition) is 2.